The normalized spacial score (nSPS) is 21.3. The first-order valence-electron chi connectivity index (χ1n) is 13.0. The molecule has 0 bridgehead atoms. The largest absolute Gasteiger partial charge is 0.459 e. The number of hydrogen-bond donors (Lipinski definition) is 1. The molecule has 1 aliphatic heterocycles. The van der Waals surface area contributed by atoms with Gasteiger partial charge in [0.15, 0.2) is 18.0 Å². The highest BCUT2D eigenvalue weighted by atomic mass is 19.1. The number of alkyl halides is 1. The second-order valence-electron chi connectivity index (χ2n) is 9.66. The van der Waals surface area contributed by atoms with Crippen molar-refractivity contribution in [2.24, 2.45) is 0 Å². The van der Waals surface area contributed by atoms with Gasteiger partial charge in [-0.05, 0) is 49.4 Å². The maximum atomic E-state index is 16.5. The number of esters is 2. The molecule has 4 aromatic rings. The minimum absolute atomic E-state index is 0.0518. The average molecular weight is 572 g/mol. The van der Waals surface area contributed by atoms with Crippen molar-refractivity contribution in [2.75, 3.05) is 11.9 Å². The van der Waals surface area contributed by atoms with Gasteiger partial charge in [-0.1, -0.05) is 54.6 Å². The molecule has 214 valence electrons. The first kappa shape index (κ1) is 28.4. The minimum atomic E-state index is -2.46. The second kappa shape index (κ2) is 12.1. The molecular weight excluding hydrogens is 545 g/mol. The maximum Gasteiger partial charge on any atom is 0.351 e. The molecule has 0 spiro atoms. The number of halogens is 1. The maximum absolute atomic E-state index is 16.5. The van der Waals surface area contributed by atoms with Gasteiger partial charge in [0.1, 0.15) is 18.5 Å². The van der Waals surface area contributed by atoms with Crippen LogP contribution in [0.15, 0.2) is 108 Å². The van der Waals surface area contributed by atoms with Gasteiger partial charge in [0.2, 0.25) is 0 Å². The molecule has 3 unspecified atom stereocenters. The van der Waals surface area contributed by atoms with Crippen molar-refractivity contribution in [3.05, 3.63) is 130 Å². The molecule has 11 heteroatoms. The van der Waals surface area contributed by atoms with E-state index in [1.54, 1.807) is 78.9 Å². The number of carbonyl (C=O) groups excluding carboxylic acids is 3. The summed E-state index contributed by atoms with van der Waals surface area (Å²) in [5, 5.41) is 2.52. The fourth-order valence-electron chi connectivity index (χ4n) is 4.54. The zero-order valence-corrected chi connectivity index (χ0v) is 22.4. The summed E-state index contributed by atoms with van der Waals surface area (Å²) in [5.74, 6) is -2.05. The summed E-state index contributed by atoms with van der Waals surface area (Å²) in [7, 11) is 0. The van der Waals surface area contributed by atoms with E-state index in [9.17, 15) is 19.2 Å². The predicted octanol–water partition coefficient (Wildman–Crippen LogP) is 4.20. The molecule has 1 N–H and O–H groups in total. The van der Waals surface area contributed by atoms with Gasteiger partial charge in [0.05, 0.1) is 11.1 Å². The van der Waals surface area contributed by atoms with Crippen molar-refractivity contribution < 1.29 is 33.0 Å². The Balaban J connectivity index is 1.39. The first-order chi connectivity index (χ1) is 20.2. The standard InChI is InChI=1S/C31H26FN3O7/c1-31(32)25(42-28(38)22-15-9-4-10-16-22)23(19-40-27(37)21-13-7-3-8-14-21)41-29(31)35-18-17-24(34-30(35)39)33-26(36)20-11-5-2-6-12-20/h2-18,23,25,29H,19H2,1H3,(H,33,34,36,39)/t23?,25-,29?,31?/m0/s1. The SMILES string of the molecule is CC1(F)C(n2ccc(NC(=O)c3ccccc3)nc2=O)OC(COC(=O)c2ccccc2)[C@@H]1OC(=O)c1ccccc1. The van der Waals surface area contributed by atoms with Crippen molar-refractivity contribution in [3.8, 4) is 0 Å². The molecule has 42 heavy (non-hydrogen) atoms. The third-order valence-corrected chi connectivity index (χ3v) is 6.67. The van der Waals surface area contributed by atoms with E-state index >= 15 is 4.39 Å². The lowest BCUT2D eigenvalue weighted by atomic mass is 9.98. The molecule has 1 aliphatic rings. The molecular formula is C31H26FN3O7. The molecule has 5 rings (SSSR count). The molecule has 3 aromatic carbocycles. The molecule has 0 radical (unpaired) electrons. The first-order valence-corrected chi connectivity index (χ1v) is 13.0. The van der Waals surface area contributed by atoms with Gasteiger partial charge in [-0.25, -0.2) is 18.8 Å². The Bertz CT molecular complexity index is 1630. The number of anilines is 1. The summed E-state index contributed by atoms with van der Waals surface area (Å²) in [6, 6.07) is 25.8. The van der Waals surface area contributed by atoms with Crippen LogP contribution in [0.1, 0.15) is 44.2 Å². The van der Waals surface area contributed by atoms with Gasteiger partial charge in [0, 0.05) is 11.8 Å². The molecule has 1 saturated heterocycles. The van der Waals surface area contributed by atoms with Crippen molar-refractivity contribution in [1.82, 2.24) is 9.55 Å². The Hall–Kier alpha value is -5.16. The Morgan fingerprint density at radius 1 is 0.881 bits per heavy atom. The highest BCUT2D eigenvalue weighted by Crippen LogP contribution is 2.43. The molecule has 4 atom stereocenters. The van der Waals surface area contributed by atoms with Crippen LogP contribution in [0.25, 0.3) is 0 Å². The molecule has 2 heterocycles. The van der Waals surface area contributed by atoms with Crippen LogP contribution < -0.4 is 11.0 Å². The highest BCUT2D eigenvalue weighted by Gasteiger charge is 2.58. The summed E-state index contributed by atoms with van der Waals surface area (Å²) >= 11 is 0. The Labute approximate surface area is 239 Å². The topological polar surface area (TPSA) is 126 Å². The van der Waals surface area contributed by atoms with Crippen LogP contribution in [0, 0.1) is 0 Å². The number of carbonyl (C=O) groups is 3. The average Bonchev–Trinajstić information content (AvgIpc) is 3.25. The van der Waals surface area contributed by atoms with Crippen molar-refractivity contribution in [3.63, 3.8) is 0 Å². The zero-order chi connectivity index (χ0) is 29.7. The number of benzene rings is 3. The summed E-state index contributed by atoms with van der Waals surface area (Å²) < 4.78 is 34.2. The number of amides is 1. The van der Waals surface area contributed by atoms with Crippen LogP contribution in [0.3, 0.4) is 0 Å². The molecule has 1 aromatic heterocycles. The van der Waals surface area contributed by atoms with Crippen molar-refractivity contribution in [1.29, 1.82) is 0 Å². The summed E-state index contributed by atoms with van der Waals surface area (Å²) in [6.45, 7) is 0.654. The third kappa shape index (κ3) is 6.11. The fraction of sp³-hybridized carbons (Fsp3) is 0.194. The van der Waals surface area contributed by atoms with Gasteiger partial charge in [0.25, 0.3) is 5.91 Å². The summed E-state index contributed by atoms with van der Waals surface area (Å²) in [4.78, 5) is 54.8. The van der Waals surface area contributed by atoms with Crippen LogP contribution in [0.5, 0.6) is 0 Å². The quantitative estimate of drug-likeness (QED) is 0.312. The van der Waals surface area contributed by atoms with Crippen LogP contribution in [0.2, 0.25) is 0 Å². The highest BCUT2D eigenvalue weighted by molar-refractivity contribution is 6.03. The van der Waals surface area contributed by atoms with E-state index in [1.807, 2.05) is 0 Å². The smallest absolute Gasteiger partial charge is 0.351 e. The lowest BCUT2D eigenvalue weighted by Crippen LogP contribution is -2.45. The van der Waals surface area contributed by atoms with Gasteiger partial charge >= 0.3 is 17.6 Å². The van der Waals surface area contributed by atoms with Gasteiger partial charge in [-0.15, -0.1) is 0 Å². The predicted molar refractivity (Wildman–Crippen MR) is 149 cm³/mol. The molecule has 1 amide bonds. The summed E-state index contributed by atoms with van der Waals surface area (Å²) in [6.07, 6.45) is -3.23. The van der Waals surface area contributed by atoms with Crippen LogP contribution in [-0.4, -0.2) is 51.9 Å². The molecule has 0 saturated carbocycles. The Kier molecular flexibility index (Phi) is 8.21. The van der Waals surface area contributed by atoms with E-state index < -0.39 is 54.2 Å². The van der Waals surface area contributed by atoms with E-state index in [4.69, 9.17) is 14.2 Å². The molecule has 0 aliphatic carbocycles. The number of nitrogens with one attached hydrogen (secondary N) is 1. The third-order valence-electron chi connectivity index (χ3n) is 6.67. The van der Waals surface area contributed by atoms with E-state index in [0.717, 1.165) is 11.5 Å². The van der Waals surface area contributed by atoms with Gasteiger partial charge in [-0.2, -0.15) is 4.98 Å². The van der Waals surface area contributed by atoms with Crippen molar-refractivity contribution >= 4 is 23.7 Å². The zero-order valence-electron chi connectivity index (χ0n) is 22.4. The summed E-state index contributed by atoms with van der Waals surface area (Å²) in [5.41, 5.74) is -2.59. The van der Waals surface area contributed by atoms with Crippen LogP contribution in [0.4, 0.5) is 10.2 Å². The number of hydrogen-bond acceptors (Lipinski definition) is 8. The number of ether oxygens (including phenoxy) is 3. The number of nitrogens with zero attached hydrogens (tertiary/aromatic N) is 2. The van der Waals surface area contributed by atoms with E-state index in [2.05, 4.69) is 10.3 Å². The lowest BCUT2D eigenvalue weighted by Gasteiger charge is -2.27. The van der Waals surface area contributed by atoms with Gasteiger partial charge in [-0.3, -0.25) is 9.36 Å². The van der Waals surface area contributed by atoms with Crippen LogP contribution in [-0.2, 0) is 14.2 Å². The van der Waals surface area contributed by atoms with E-state index in [-0.39, 0.29) is 16.9 Å². The van der Waals surface area contributed by atoms with E-state index in [1.165, 1.54) is 24.4 Å². The number of rotatable bonds is 8. The fourth-order valence-corrected chi connectivity index (χ4v) is 4.54. The monoisotopic (exact) mass is 571 g/mol. The lowest BCUT2D eigenvalue weighted by molar-refractivity contribution is -0.0648. The van der Waals surface area contributed by atoms with E-state index in [0.29, 0.717) is 5.56 Å². The Morgan fingerprint density at radius 2 is 1.43 bits per heavy atom. The number of aromatic nitrogens is 2. The molecule has 1 fully saturated rings. The van der Waals surface area contributed by atoms with Crippen molar-refractivity contribution in [2.45, 2.75) is 31.0 Å². The second-order valence-corrected chi connectivity index (χ2v) is 9.66. The van der Waals surface area contributed by atoms with Crippen LogP contribution >= 0.6 is 0 Å². The minimum Gasteiger partial charge on any atom is -0.459 e. The molecule has 10 nitrogen and oxygen atoms in total. The van der Waals surface area contributed by atoms with Gasteiger partial charge < -0.3 is 19.5 Å². The Morgan fingerprint density at radius 3 is 2.00 bits per heavy atom.